The molecule has 1 aromatic carbocycles. The maximum absolute atomic E-state index is 5.52. The van der Waals surface area contributed by atoms with Crippen LogP contribution in [0.25, 0.3) is 0 Å². The van der Waals surface area contributed by atoms with Gasteiger partial charge in [-0.15, -0.1) is 10.2 Å². The van der Waals surface area contributed by atoms with E-state index < -0.39 is 0 Å². The molecule has 0 aliphatic rings. The number of ether oxygens (including phenoxy) is 1. The highest BCUT2D eigenvalue weighted by Crippen LogP contribution is 2.20. The molecule has 1 aromatic heterocycles. The van der Waals surface area contributed by atoms with Crippen LogP contribution in [0.1, 0.15) is 23.4 Å². The van der Waals surface area contributed by atoms with E-state index in [0.29, 0.717) is 18.4 Å². The lowest BCUT2D eigenvalue weighted by molar-refractivity contribution is 0.157. The van der Waals surface area contributed by atoms with Crippen molar-refractivity contribution in [1.29, 1.82) is 0 Å². The van der Waals surface area contributed by atoms with E-state index in [0.717, 1.165) is 5.56 Å². The summed E-state index contributed by atoms with van der Waals surface area (Å²) in [5.74, 6) is 1.03. The van der Waals surface area contributed by atoms with Gasteiger partial charge in [0.2, 0.25) is 11.8 Å². The summed E-state index contributed by atoms with van der Waals surface area (Å²) in [7, 11) is 3.45. The zero-order valence-electron chi connectivity index (χ0n) is 9.88. The van der Waals surface area contributed by atoms with Crippen LogP contribution in [0, 0.1) is 0 Å². The molecular formula is C12H15N3O2. The predicted octanol–water partition coefficient (Wildman–Crippen LogP) is 1.52. The van der Waals surface area contributed by atoms with E-state index in [9.17, 15) is 0 Å². The summed E-state index contributed by atoms with van der Waals surface area (Å²) in [6, 6.07) is 9.87. The predicted molar refractivity (Wildman–Crippen MR) is 62.4 cm³/mol. The summed E-state index contributed by atoms with van der Waals surface area (Å²) in [5.41, 5.74) is 1.09. The molecule has 0 radical (unpaired) electrons. The minimum atomic E-state index is -0.0886. The molecule has 1 atom stereocenters. The fraction of sp³-hybridized carbons (Fsp3) is 0.333. The van der Waals surface area contributed by atoms with Crippen molar-refractivity contribution in [3.8, 4) is 0 Å². The fourth-order valence-corrected chi connectivity index (χ4v) is 1.64. The summed E-state index contributed by atoms with van der Waals surface area (Å²) in [6.45, 7) is 0.332. The van der Waals surface area contributed by atoms with E-state index in [-0.39, 0.29) is 6.04 Å². The van der Waals surface area contributed by atoms with Crippen LogP contribution >= 0.6 is 0 Å². The molecule has 0 saturated carbocycles. The summed E-state index contributed by atoms with van der Waals surface area (Å²) < 4.78 is 10.5. The fourth-order valence-electron chi connectivity index (χ4n) is 1.64. The van der Waals surface area contributed by atoms with E-state index in [4.69, 9.17) is 9.15 Å². The number of rotatable bonds is 5. The molecule has 0 saturated heterocycles. The van der Waals surface area contributed by atoms with Crippen LogP contribution in [0.5, 0.6) is 0 Å². The van der Waals surface area contributed by atoms with E-state index in [2.05, 4.69) is 15.5 Å². The monoisotopic (exact) mass is 233 g/mol. The maximum Gasteiger partial charge on any atom is 0.242 e. The van der Waals surface area contributed by atoms with Crippen LogP contribution in [0.4, 0.5) is 0 Å². The average Bonchev–Trinajstić information content (AvgIpc) is 2.81. The van der Waals surface area contributed by atoms with Crippen molar-refractivity contribution in [2.24, 2.45) is 0 Å². The van der Waals surface area contributed by atoms with Gasteiger partial charge < -0.3 is 14.5 Å². The van der Waals surface area contributed by atoms with Crippen LogP contribution in [0.3, 0.4) is 0 Å². The lowest BCUT2D eigenvalue weighted by Gasteiger charge is -2.11. The van der Waals surface area contributed by atoms with Crippen molar-refractivity contribution in [3.05, 3.63) is 47.7 Å². The Morgan fingerprint density at radius 3 is 2.71 bits per heavy atom. The maximum atomic E-state index is 5.52. The van der Waals surface area contributed by atoms with Crippen molar-refractivity contribution in [3.63, 3.8) is 0 Å². The first kappa shape index (κ1) is 11.8. The largest absolute Gasteiger partial charge is 0.421 e. The van der Waals surface area contributed by atoms with Gasteiger partial charge in [-0.3, -0.25) is 0 Å². The minimum Gasteiger partial charge on any atom is -0.421 e. The number of aromatic nitrogens is 2. The molecule has 1 N–H and O–H groups in total. The Labute approximate surface area is 99.8 Å². The number of hydrogen-bond acceptors (Lipinski definition) is 5. The SMILES string of the molecule is CNC(c1ccccc1)c1nnc(COC)o1. The minimum absolute atomic E-state index is 0.0886. The van der Waals surface area contributed by atoms with Gasteiger partial charge in [-0.1, -0.05) is 30.3 Å². The molecule has 90 valence electrons. The molecule has 0 bridgehead atoms. The van der Waals surface area contributed by atoms with E-state index in [1.165, 1.54) is 0 Å². The van der Waals surface area contributed by atoms with Gasteiger partial charge in [0.1, 0.15) is 12.6 Å². The Morgan fingerprint density at radius 1 is 1.29 bits per heavy atom. The zero-order valence-corrected chi connectivity index (χ0v) is 9.88. The van der Waals surface area contributed by atoms with Crippen LogP contribution in [0.2, 0.25) is 0 Å². The van der Waals surface area contributed by atoms with Gasteiger partial charge in [0.05, 0.1) is 0 Å². The highest BCUT2D eigenvalue weighted by Gasteiger charge is 2.18. The normalized spacial score (nSPS) is 12.6. The van der Waals surface area contributed by atoms with Crippen LogP contribution in [-0.2, 0) is 11.3 Å². The highest BCUT2D eigenvalue weighted by atomic mass is 16.5. The van der Waals surface area contributed by atoms with Crippen LogP contribution in [0.15, 0.2) is 34.7 Å². The Hall–Kier alpha value is -1.72. The van der Waals surface area contributed by atoms with Gasteiger partial charge in [0.25, 0.3) is 0 Å². The molecule has 5 nitrogen and oxygen atoms in total. The Kier molecular flexibility index (Phi) is 3.85. The molecular weight excluding hydrogens is 218 g/mol. The second-order valence-corrected chi connectivity index (χ2v) is 3.60. The topological polar surface area (TPSA) is 60.2 Å². The van der Waals surface area contributed by atoms with Gasteiger partial charge in [-0.2, -0.15) is 0 Å². The van der Waals surface area contributed by atoms with Gasteiger partial charge in [-0.25, -0.2) is 0 Å². The summed E-state index contributed by atoms with van der Waals surface area (Å²) in [5, 5.41) is 11.1. The quantitative estimate of drug-likeness (QED) is 0.848. The average molecular weight is 233 g/mol. The van der Waals surface area contributed by atoms with Crippen LogP contribution < -0.4 is 5.32 Å². The molecule has 0 amide bonds. The first-order chi connectivity index (χ1) is 8.35. The Balaban J connectivity index is 2.23. The lowest BCUT2D eigenvalue weighted by Crippen LogP contribution is -2.17. The number of nitrogens with one attached hydrogen (secondary N) is 1. The van der Waals surface area contributed by atoms with Gasteiger partial charge in [0, 0.05) is 7.11 Å². The van der Waals surface area contributed by atoms with E-state index in [1.807, 2.05) is 37.4 Å². The highest BCUT2D eigenvalue weighted by molar-refractivity contribution is 5.23. The van der Waals surface area contributed by atoms with Gasteiger partial charge in [-0.05, 0) is 12.6 Å². The number of benzene rings is 1. The van der Waals surface area contributed by atoms with E-state index >= 15 is 0 Å². The molecule has 2 rings (SSSR count). The molecule has 1 heterocycles. The molecule has 0 aliphatic carbocycles. The molecule has 0 aliphatic heterocycles. The van der Waals surface area contributed by atoms with Gasteiger partial charge in [0.15, 0.2) is 0 Å². The number of methoxy groups -OCH3 is 1. The van der Waals surface area contributed by atoms with Crippen molar-refractivity contribution in [1.82, 2.24) is 15.5 Å². The molecule has 0 spiro atoms. The molecule has 5 heteroatoms. The van der Waals surface area contributed by atoms with Crippen molar-refractivity contribution in [2.75, 3.05) is 14.2 Å². The third-order valence-corrected chi connectivity index (χ3v) is 2.42. The summed E-state index contributed by atoms with van der Waals surface area (Å²) in [4.78, 5) is 0. The van der Waals surface area contributed by atoms with E-state index in [1.54, 1.807) is 7.11 Å². The standard InChI is InChI=1S/C12H15N3O2/c1-13-11(9-6-4-3-5-7-9)12-15-14-10(17-12)8-16-2/h3-7,11,13H,8H2,1-2H3. The Morgan fingerprint density at radius 2 is 2.06 bits per heavy atom. The number of nitrogens with zero attached hydrogens (tertiary/aromatic N) is 2. The molecule has 2 aromatic rings. The molecule has 1 unspecified atom stereocenters. The smallest absolute Gasteiger partial charge is 0.242 e. The second-order valence-electron chi connectivity index (χ2n) is 3.60. The Bertz CT molecular complexity index is 456. The number of hydrogen-bond donors (Lipinski definition) is 1. The lowest BCUT2D eigenvalue weighted by atomic mass is 10.1. The molecule has 17 heavy (non-hydrogen) atoms. The third-order valence-electron chi connectivity index (χ3n) is 2.42. The van der Waals surface area contributed by atoms with Crippen LogP contribution in [-0.4, -0.2) is 24.4 Å². The molecule has 0 fully saturated rings. The second kappa shape index (κ2) is 5.56. The first-order valence-corrected chi connectivity index (χ1v) is 5.38. The van der Waals surface area contributed by atoms with Crippen molar-refractivity contribution < 1.29 is 9.15 Å². The van der Waals surface area contributed by atoms with Crippen molar-refractivity contribution >= 4 is 0 Å². The van der Waals surface area contributed by atoms with Crippen molar-refractivity contribution in [2.45, 2.75) is 12.6 Å². The third kappa shape index (κ3) is 2.69. The summed E-state index contributed by atoms with van der Waals surface area (Å²) in [6.07, 6.45) is 0. The first-order valence-electron chi connectivity index (χ1n) is 5.38. The summed E-state index contributed by atoms with van der Waals surface area (Å²) >= 11 is 0. The zero-order chi connectivity index (χ0) is 12.1. The van der Waals surface area contributed by atoms with Gasteiger partial charge >= 0.3 is 0 Å².